The molecule has 0 amide bonds. The van der Waals surface area contributed by atoms with Crippen LogP contribution in [0.2, 0.25) is 0 Å². The zero-order valence-electron chi connectivity index (χ0n) is 3.78. The molecule has 3 heteroatoms. The highest BCUT2D eigenvalue weighted by molar-refractivity contribution is 7.33. The Hall–Kier alpha value is 0.350. The average molecular weight is 104 g/mol. The molecule has 36 valence electrons. The fraction of sp³-hybridized carbons (Fsp3) is 1.00. The predicted octanol–water partition coefficient (Wildman–Crippen LogP) is 0.0762. The molecule has 2 nitrogen and oxygen atoms in total. The van der Waals surface area contributed by atoms with Gasteiger partial charge in [-0.05, 0) is 6.92 Å². The normalized spacial score (nSPS) is 38.5. The second-order valence-corrected chi connectivity index (χ2v) is 2.44. The zero-order chi connectivity index (χ0) is 4.41. The van der Waals surface area contributed by atoms with Crippen molar-refractivity contribution in [2.75, 3.05) is 6.54 Å². The molecular formula is C3H9N2P. The smallest absolute Gasteiger partial charge is 0.0212 e. The Morgan fingerprint density at radius 3 is 2.83 bits per heavy atom. The van der Waals surface area contributed by atoms with E-state index in [4.69, 9.17) is 0 Å². The Kier molecular flexibility index (Phi) is 1.41. The number of hydrogen-bond donors (Lipinski definition) is 2. The van der Waals surface area contributed by atoms with E-state index >= 15 is 0 Å². The quantitative estimate of drug-likeness (QED) is 0.425. The van der Waals surface area contributed by atoms with Gasteiger partial charge in [0.05, 0.1) is 0 Å². The fourth-order valence-corrected chi connectivity index (χ4v) is 1.29. The molecule has 0 spiro atoms. The van der Waals surface area contributed by atoms with Crippen molar-refractivity contribution in [3.63, 3.8) is 0 Å². The van der Waals surface area contributed by atoms with Crippen LogP contribution in [0.15, 0.2) is 0 Å². The van der Waals surface area contributed by atoms with Gasteiger partial charge in [-0.3, -0.25) is 10.2 Å². The maximum Gasteiger partial charge on any atom is 0.0212 e. The highest BCUT2D eigenvalue weighted by Gasteiger charge is 2.04. The standard InChI is InChI=1S/C3H9N2P/c1-3-2-4-6-5-3/h3-6H,2H2,1H3. The minimum Gasteiger partial charge on any atom is -0.285 e. The first-order chi connectivity index (χ1) is 2.89. The molecule has 1 rings (SSSR count). The molecule has 1 fully saturated rings. The van der Waals surface area contributed by atoms with Gasteiger partial charge in [0.15, 0.2) is 0 Å². The molecule has 2 atom stereocenters. The lowest BCUT2D eigenvalue weighted by Crippen LogP contribution is -2.15. The van der Waals surface area contributed by atoms with E-state index in [-0.39, 0.29) is 0 Å². The molecule has 2 unspecified atom stereocenters. The molecule has 0 radical (unpaired) electrons. The second kappa shape index (κ2) is 1.87. The predicted molar refractivity (Wildman–Crippen MR) is 28.9 cm³/mol. The van der Waals surface area contributed by atoms with E-state index in [0.717, 1.165) is 15.4 Å². The van der Waals surface area contributed by atoms with Crippen LogP contribution in [0.5, 0.6) is 0 Å². The van der Waals surface area contributed by atoms with Crippen LogP contribution in [-0.2, 0) is 0 Å². The fourth-order valence-electron chi connectivity index (χ4n) is 0.429. The Labute approximate surface area is 39.6 Å². The monoisotopic (exact) mass is 104 g/mol. The molecule has 0 bridgehead atoms. The van der Waals surface area contributed by atoms with E-state index in [2.05, 4.69) is 17.1 Å². The van der Waals surface area contributed by atoms with Crippen molar-refractivity contribution in [2.45, 2.75) is 13.0 Å². The molecule has 1 aliphatic rings. The van der Waals surface area contributed by atoms with Crippen molar-refractivity contribution in [3.05, 3.63) is 0 Å². The summed E-state index contributed by atoms with van der Waals surface area (Å²) in [6, 6.07) is 0.698. The van der Waals surface area contributed by atoms with Gasteiger partial charge in [-0.15, -0.1) is 0 Å². The topological polar surface area (TPSA) is 24.1 Å². The third kappa shape index (κ3) is 0.904. The van der Waals surface area contributed by atoms with Crippen molar-refractivity contribution in [1.29, 1.82) is 0 Å². The first-order valence-corrected chi connectivity index (χ1v) is 3.13. The van der Waals surface area contributed by atoms with Crippen molar-refractivity contribution in [3.8, 4) is 0 Å². The van der Waals surface area contributed by atoms with Crippen LogP contribution >= 0.6 is 8.88 Å². The molecule has 0 saturated carbocycles. The molecule has 1 saturated heterocycles. The number of hydrogen-bond acceptors (Lipinski definition) is 2. The molecule has 0 aromatic heterocycles. The van der Waals surface area contributed by atoms with Crippen LogP contribution in [-0.4, -0.2) is 12.6 Å². The summed E-state index contributed by atoms with van der Waals surface area (Å²) in [5, 5.41) is 6.42. The molecule has 0 aromatic rings. The third-order valence-corrected chi connectivity index (χ3v) is 1.83. The van der Waals surface area contributed by atoms with E-state index in [9.17, 15) is 0 Å². The lowest BCUT2D eigenvalue weighted by molar-refractivity contribution is 0.725. The lowest BCUT2D eigenvalue weighted by Gasteiger charge is -1.92. The van der Waals surface area contributed by atoms with Gasteiger partial charge >= 0.3 is 0 Å². The summed E-state index contributed by atoms with van der Waals surface area (Å²) in [5.74, 6) is 0. The van der Waals surface area contributed by atoms with Gasteiger partial charge < -0.3 is 0 Å². The molecule has 1 heterocycles. The maximum absolute atomic E-state index is 3.24. The van der Waals surface area contributed by atoms with Gasteiger partial charge in [0.25, 0.3) is 0 Å². The number of rotatable bonds is 0. The zero-order valence-corrected chi connectivity index (χ0v) is 4.78. The van der Waals surface area contributed by atoms with Crippen molar-refractivity contribution in [1.82, 2.24) is 10.2 Å². The maximum atomic E-state index is 3.24. The van der Waals surface area contributed by atoms with Gasteiger partial charge in [0.1, 0.15) is 0 Å². The van der Waals surface area contributed by atoms with Crippen molar-refractivity contribution < 1.29 is 0 Å². The van der Waals surface area contributed by atoms with E-state index in [1.807, 2.05) is 0 Å². The van der Waals surface area contributed by atoms with E-state index in [0.29, 0.717) is 6.04 Å². The Morgan fingerprint density at radius 2 is 2.67 bits per heavy atom. The summed E-state index contributed by atoms with van der Waals surface area (Å²) in [7, 11) is 0.789. The van der Waals surface area contributed by atoms with Gasteiger partial charge in [-0.2, -0.15) is 0 Å². The summed E-state index contributed by atoms with van der Waals surface area (Å²) in [5.41, 5.74) is 0. The van der Waals surface area contributed by atoms with Gasteiger partial charge in [0.2, 0.25) is 0 Å². The summed E-state index contributed by atoms with van der Waals surface area (Å²) in [6.07, 6.45) is 0. The number of nitrogens with one attached hydrogen (secondary N) is 2. The minimum absolute atomic E-state index is 0.698. The first kappa shape index (κ1) is 4.51. The summed E-state index contributed by atoms with van der Waals surface area (Å²) >= 11 is 0. The van der Waals surface area contributed by atoms with Crippen LogP contribution in [0.4, 0.5) is 0 Å². The Bertz CT molecular complexity index is 42.1. The summed E-state index contributed by atoms with van der Waals surface area (Å²) < 4.78 is 0. The van der Waals surface area contributed by atoms with Crippen molar-refractivity contribution in [2.24, 2.45) is 0 Å². The molecule has 6 heavy (non-hydrogen) atoms. The van der Waals surface area contributed by atoms with E-state index in [1.54, 1.807) is 0 Å². The van der Waals surface area contributed by atoms with Crippen LogP contribution in [0, 0.1) is 0 Å². The van der Waals surface area contributed by atoms with Gasteiger partial charge in [-0.1, -0.05) is 0 Å². The van der Waals surface area contributed by atoms with E-state index < -0.39 is 0 Å². The van der Waals surface area contributed by atoms with Crippen LogP contribution < -0.4 is 10.2 Å². The first-order valence-electron chi connectivity index (χ1n) is 2.13. The minimum atomic E-state index is 0.698. The largest absolute Gasteiger partial charge is 0.285 e. The Morgan fingerprint density at radius 1 is 1.83 bits per heavy atom. The molecule has 1 aliphatic heterocycles. The molecule has 0 aliphatic carbocycles. The molecule has 0 aromatic carbocycles. The third-order valence-electron chi connectivity index (χ3n) is 0.815. The highest BCUT2D eigenvalue weighted by atomic mass is 31.1. The van der Waals surface area contributed by atoms with Crippen LogP contribution in [0.1, 0.15) is 6.92 Å². The summed E-state index contributed by atoms with van der Waals surface area (Å²) in [6.45, 7) is 3.31. The van der Waals surface area contributed by atoms with E-state index in [1.165, 1.54) is 0 Å². The van der Waals surface area contributed by atoms with Gasteiger partial charge in [0, 0.05) is 21.5 Å². The van der Waals surface area contributed by atoms with Gasteiger partial charge in [-0.25, -0.2) is 0 Å². The molecule has 2 N–H and O–H groups in total. The SMILES string of the molecule is CC1CNPN1. The summed E-state index contributed by atoms with van der Waals surface area (Å²) in [4.78, 5) is 0. The van der Waals surface area contributed by atoms with Crippen LogP contribution in [0.3, 0.4) is 0 Å². The highest BCUT2D eigenvalue weighted by Crippen LogP contribution is 2.04. The second-order valence-electron chi connectivity index (χ2n) is 1.55. The lowest BCUT2D eigenvalue weighted by atomic mass is 10.4. The average Bonchev–Trinajstić information content (AvgIpc) is 1.86. The Balaban J connectivity index is 2.18. The van der Waals surface area contributed by atoms with Crippen molar-refractivity contribution >= 4 is 8.88 Å². The molecular weight excluding hydrogens is 95.0 g/mol. The van der Waals surface area contributed by atoms with Crippen LogP contribution in [0.25, 0.3) is 0 Å².